The van der Waals surface area contributed by atoms with Gasteiger partial charge in [-0.3, -0.25) is 0 Å². The van der Waals surface area contributed by atoms with E-state index in [1.807, 2.05) is 0 Å². The van der Waals surface area contributed by atoms with Crippen LogP contribution < -0.4 is 4.74 Å². The van der Waals surface area contributed by atoms with Gasteiger partial charge in [0, 0.05) is 12.2 Å². The minimum atomic E-state index is -0.558. The molecule has 0 aliphatic heterocycles. The van der Waals surface area contributed by atoms with Gasteiger partial charge in [-0.15, -0.1) is 0 Å². The second-order valence-corrected chi connectivity index (χ2v) is 3.76. The molecule has 1 aliphatic rings. The van der Waals surface area contributed by atoms with Crippen LogP contribution in [0.15, 0.2) is 12.1 Å². The first-order chi connectivity index (χ1) is 7.19. The summed E-state index contributed by atoms with van der Waals surface area (Å²) >= 11 is 0. The van der Waals surface area contributed by atoms with Crippen LogP contribution in [0.5, 0.6) is 5.75 Å². The molecular formula is C11H12F2O2. The minimum absolute atomic E-state index is 0.00374. The maximum atomic E-state index is 13.5. The molecule has 0 aromatic heterocycles. The van der Waals surface area contributed by atoms with Crippen LogP contribution in [-0.4, -0.2) is 18.8 Å². The molecule has 2 rings (SSSR count). The molecule has 1 aliphatic carbocycles. The number of aliphatic hydroxyl groups is 1. The third kappa shape index (κ3) is 1.69. The Morgan fingerprint density at radius 3 is 2.60 bits per heavy atom. The molecule has 0 amide bonds. The maximum absolute atomic E-state index is 13.5. The molecule has 2 nitrogen and oxygen atoms in total. The molecule has 1 N–H and O–H groups in total. The normalized spacial score (nSPS) is 24.0. The average Bonchev–Trinajstić information content (AvgIpc) is 3.00. The molecule has 0 heterocycles. The van der Waals surface area contributed by atoms with Gasteiger partial charge in [0.25, 0.3) is 0 Å². The largest absolute Gasteiger partial charge is 0.493 e. The average molecular weight is 214 g/mol. The number of hydrogen-bond acceptors (Lipinski definition) is 2. The molecule has 1 fully saturated rings. The molecular weight excluding hydrogens is 202 g/mol. The van der Waals surface area contributed by atoms with Gasteiger partial charge in [0.15, 0.2) is 11.6 Å². The van der Waals surface area contributed by atoms with Crippen LogP contribution in [0.2, 0.25) is 0 Å². The van der Waals surface area contributed by atoms with E-state index >= 15 is 0 Å². The summed E-state index contributed by atoms with van der Waals surface area (Å²) < 4.78 is 31.6. The number of rotatable bonds is 3. The van der Waals surface area contributed by atoms with Crippen LogP contribution in [-0.2, 0) is 0 Å². The Balaban J connectivity index is 2.40. The lowest BCUT2D eigenvalue weighted by molar-refractivity contribution is 0.273. The van der Waals surface area contributed by atoms with E-state index < -0.39 is 11.6 Å². The van der Waals surface area contributed by atoms with Crippen molar-refractivity contribution in [3.63, 3.8) is 0 Å². The number of ether oxygens (including phenoxy) is 1. The third-order valence-electron chi connectivity index (χ3n) is 2.83. The zero-order valence-electron chi connectivity index (χ0n) is 8.34. The summed E-state index contributed by atoms with van der Waals surface area (Å²) in [7, 11) is 1.32. The van der Waals surface area contributed by atoms with Crippen molar-refractivity contribution in [3.05, 3.63) is 29.3 Å². The number of hydrogen-bond donors (Lipinski definition) is 1. The lowest BCUT2D eigenvalue weighted by atomic mass is 10.1. The number of benzene rings is 1. The fraction of sp³-hybridized carbons (Fsp3) is 0.455. The molecule has 1 aromatic rings. The number of halogens is 2. The summed E-state index contributed by atoms with van der Waals surface area (Å²) in [5, 5.41) is 8.90. The Bertz CT molecular complexity index is 379. The zero-order valence-corrected chi connectivity index (χ0v) is 8.34. The highest BCUT2D eigenvalue weighted by molar-refractivity contribution is 5.42. The molecule has 15 heavy (non-hydrogen) atoms. The van der Waals surface area contributed by atoms with E-state index in [4.69, 9.17) is 9.84 Å². The predicted octanol–water partition coefficient (Wildman–Crippen LogP) is 2.07. The molecule has 0 unspecified atom stereocenters. The number of methoxy groups -OCH3 is 1. The van der Waals surface area contributed by atoms with Gasteiger partial charge in [0.1, 0.15) is 5.82 Å². The van der Waals surface area contributed by atoms with E-state index in [-0.39, 0.29) is 29.8 Å². The van der Waals surface area contributed by atoms with Gasteiger partial charge >= 0.3 is 0 Å². The number of aliphatic hydroxyl groups excluding tert-OH is 1. The SMILES string of the molecule is COc1c(F)ccc(F)c1[C@H]1C[C@@H]1CO. The highest BCUT2D eigenvalue weighted by Crippen LogP contribution is 2.51. The molecule has 1 aromatic carbocycles. The smallest absolute Gasteiger partial charge is 0.165 e. The van der Waals surface area contributed by atoms with Crippen molar-refractivity contribution in [2.75, 3.05) is 13.7 Å². The van der Waals surface area contributed by atoms with Crippen molar-refractivity contribution in [2.24, 2.45) is 5.92 Å². The molecule has 4 heteroatoms. The first kappa shape index (κ1) is 10.4. The Morgan fingerprint density at radius 2 is 2.07 bits per heavy atom. The van der Waals surface area contributed by atoms with Gasteiger partial charge < -0.3 is 9.84 Å². The molecule has 0 saturated heterocycles. The van der Waals surface area contributed by atoms with Gasteiger partial charge in [-0.05, 0) is 30.4 Å². The Labute approximate surface area is 86.5 Å². The summed E-state index contributed by atoms with van der Waals surface area (Å²) in [5.74, 6) is -1.13. The maximum Gasteiger partial charge on any atom is 0.165 e. The van der Waals surface area contributed by atoms with Crippen LogP contribution in [0.1, 0.15) is 17.9 Å². The first-order valence-corrected chi connectivity index (χ1v) is 4.81. The second kappa shape index (κ2) is 3.77. The van der Waals surface area contributed by atoms with E-state index in [2.05, 4.69) is 0 Å². The van der Waals surface area contributed by atoms with Gasteiger partial charge in [0.05, 0.1) is 7.11 Å². The van der Waals surface area contributed by atoms with Crippen LogP contribution in [0, 0.1) is 17.6 Å². The summed E-state index contributed by atoms with van der Waals surface area (Å²) in [6.45, 7) is 0.00374. The predicted molar refractivity (Wildman–Crippen MR) is 50.8 cm³/mol. The molecule has 82 valence electrons. The molecule has 0 spiro atoms. The van der Waals surface area contributed by atoms with Crippen molar-refractivity contribution in [2.45, 2.75) is 12.3 Å². The van der Waals surface area contributed by atoms with Gasteiger partial charge in [-0.1, -0.05) is 0 Å². The summed E-state index contributed by atoms with van der Waals surface area (Å²) in [6.07, 6.45) is 0.688. The fourth-order valence-electron chi connectivity index (χ4n) is 1.90. The Morgan fingerprint density at radius 1 is 1.40 bits per heavy atom. The van der Waals surface area contributed by atoms with Crippen LogP contribution >= 0.6 is 0 Å². The quantitative estimate of drug-likeness (QED) is 0.834. The highest BCUT2D eigenvalue weighted by atomic mass is 19.1. The van der Waals surface area contributed by atoms with Crippen molar-refractivity contribution >= 4 is 0 Å². The van der Waals surface area contributed by atoms with Gasteiger partial charge in [-0.25, -0.2) is 8.78 Å². The monoisotopic (exact) mass is 214 g/mol. The molecule has 0 radical (unpaired) electrons. The van der Waals surface area contributed by atoms with Gasteiger partial charge in [0.2, 0.25) is 0 Å². The molecule has 0 bridgehead atoms. The van der Waals surface area contributed by atoms with Crippen molar-refractivity contribution < 1.29 is 18.6 Å². The van der Waals surface area contributed by atoms with E-state index in [1.54, 1.807) is 0 Å². The first-order valence-electron chi connectivity index (χ1n) is 4.81. The second-order valence-electron chi connectivity index (χ2n) is 3.76. The molecule has 2 atom stereocenters. The summed E-state index contributed by atoms with van der Waals surface area (Å²) in [6, 6.07) is 2.15. The van der Waals surface area contributed by atoms with Crippen LogP contribution in [0.4, 0.5) is 8.78 Å². The third-order valence-corrected chi connectivity index (χ3v) is 2.83. The van der Waals surface area contributed by atoms with E-state index in [0.717, 1.165) is 12.1 Å². The lowest BCUT2D eigenvalue weighted by Gasteiger charge is -2.09. The summed E-state index contributed by atoms with van der Waals surface area (Å²) in [5.41, 5.74) is 0.261. The lowest BCUT2D eigenvalue weighted by Crippen LogP contribution is -1.99. The minimum Gasteiger partial charge on any atom is -0.493 e. The Hall–Kier alpha value is -1.16. The van der Waals surface area contributed by atoms with Gasteiger partial charge in [-0.2, -0.15) is 0 Å². The van der Waals surface area contributed by atoms with Crippen molar-refractivity contribution in [1.29, 1.82) is 0 Å². The fourth-order valence-corrected chi connectivity index (χ4v) is 1.90. The van der Waals surface area contributed by atoms with E-state index in [9.17, 15) is 8.78 Å². The zero-order chi connectivity index (χ0) is 11.0. The van der Waals surface area contributed by atoms with Crippen molar-refractivity contribution in [3.8, 4) is 5.75 Å². The highest BCUT2D eigenvalue weighted by Gasteiger charge is 2.41. The van der Waals surface area contributed by atoms with E-state index in [1.165, 1.54) is 7.11 Å². The van der Waals surface area contributed by atoms with Crippen molar-refractivity contribution in [1.82, 2.24) is 0 Å². The summed E-state index contributed by atoms with van der Waals surface area (Å²) in [4.78, 5) is 0. The Kier molecular flexibility index (Phi) is 2.61. The van der Waals surface area contributed by atoms with Crippen LogP contribution in [0.25, 0.3) is 0 Å². The van der Waals surface area contributed by atoms with Crippen LogP contribution in [0.3, 0.4) is 0 Å². The standard InChI is InChI=1S/C11H12F2O2/c1-15-11-9(13)3-2-8(12)10(11)7-4-6(7)5-14/h2-3,6-7,14H,4-5H2,1H3/t6-,7+/m1/s1. The van der Waals surface area contributed by atoms with E-state index in [0.29, 0.717) is 6.42 Å². The molecule has 1 saturated carbocycles. The topological polar surface area (TPSA) is 29.5 Å².